The summed E-state index contributed by atoms with van der Waals surface area (Å²) in [6.07, 6.45) is 1.88. The zero-order chi connectivity index (χ0) is 23.4. The number of phenols is 1. The molecule has 168 valence electrons. The topological polar surface area (TPSA) is 99.8 Å². The first-order chi connectivity index (χ1) is 15.2. The van der Waals surface area contributed by atoms with E-state index in [0.717, 1.165) is 0 Å². The Labute approximate surface area is 190 Å². The first kappa shape index (κ1) is 23.3. The Kier molecular flexibility index (Phi) is 7.20. The molecule has 3 rings (SSSR count). The third-order valence-electron chi connectivity index (χ3n) is 5.37. The zero-order valence-electron chi connectivity index (χ0n) is 18.0. The van der Waals surface area contributed by atoms with Crippen molar-refractivity contribution in [2.75, 3.05) is 11.4 Å². The van der Waals surface area contributed by atoms with Crippen LogP contribution in [0.5, 0.6) is 5.75 Å². The lowest BCUT2D eigenvalue weighted by atomic mass is 10.1. The Morgan fingerprint density at radius 1 is 1.03 bits per heavy atom. The molecule has 0 unspecified atom stereocenters. The number of nitrogens with zero attached hydrogens (tertiary/aromatic N) is 2. The number of carbonyl (C=O) groups is 3. The fourth-order valence-electron chi connectivity index (χ4n) is 3.86. The molecule has 8 heteroatoms. The zero-order valence-corrected chi connectivity index (χ0v) is 18.7. The number of fused-ring (bicyclic) bond motifs is 1. The number of rotatable bonds is 8. The number of carboxylic acids is 1. The van der Waals surface area contributed by atoms with Gasteiger partial charge < -0.3 is 15.1 Å². The monoisotopic (exact) mass is 456 g/mol. The number of phenolic OH excluding ortho intramolecular Hbond substituents is 1. The van der Waals surface area contributed by atoms with Gasteiger partial charge in [0.25, 0.3) is 5.91 Å². The molecule has 2 N–H and O–H groups in total. The number of hydrogen-bond donors (Lipinski definition) is 2. The highest BCUT2D eigenvalue weighted by molar-refractivity contribution is 6.30. The maximum Gasteiger partial charge on any atom is 0.303 e. The van der Waals surface area contributed by atoms with Gasteiger partial charge >= 0.3 is 5.97 Å². The summed E-state index contributed by atoms with van der Waals surface area (Å²) in [6, 6.07) is 11.3. The van der Waals surface area contributed by atoms with Crippen LogP contribution in [0, 0.1) is 6.92 Å². The smallest absolute Gasteiger partial charge is 0.303 e. The second-order valence-electron chi connectivity index (χ2n) is 7.66. The van der Waals surface area contributed by atoms with Crippen LogP contribution in [-0.4, -0.2) is 39.1 Å². The lowest BCUT2D eigenvalue weighted by Gasteiger charge is -2.22. The summed E-state index contributed by atoms with van der Waals surface area (Å²) in [7, 11) is 0. The molecule has 32 heavy (non-hydrogen) atoms. The Balaban J connectivity index is 2.03. The van der Waals surface area contributed by atoms with Crippen molar-refractivity contribution in [2.24, 2.45) is 0 Å². The Hall–Kier alpha value is -3.32. The molecule has 0 aliphatic heterocycles. The van der Waals surface area contributed by atoms with Crippen LogP contribution in [0.3, 0.4) is 0 Å². The van der Waals surface area contributed by atoms with Crippen molar-refractivity contribution >= 4 is 46.0 Å². The van der Waals surface area contributed by atoms with E-state index in [0.29, 0.717) is 58.7 Å². The van der Waals surface area contributed by atoms with Gasteiger partial charge in [-0.25, -0.2) is 0 Å². The van der Waals surface area contributed by atoms with E-state index in [-0.39, 0.29) is 24.0 Å². The van der Waals surface area contributed by atoms with Crippen LogP contribution in [0.4, 0.5) is 5.69 Å². The minimum Gasteiger partial charge on any atom is -0.508 e. The van der Waals surface area contributed by atoms with Crippen LogP contribution in [-0.2, 0) is 9.59 Å². The van der Waals surface area contributed by atoms with Gasteiger partial charge in [0.1, 0.15) is 5.75 Å². The number of aromatic nitrogens is 1. The van der Waals surface area contributed by atoms with E-state index < -0.39 is 5.97 Å². The molecule has 0 spiro atoms. The summed E-state index contributed by atoms with van der Waals surface area (Å²) in [4.78, 5) is 38.2. The number of halogens is 1. The number of unbranched alkanes of at least 4 members (excludes halogenated alkanes) is 2. The van der Waals surface area contributed by atoms with Gasteiger partial charge in [-0.1, -0.05) is 18.0 Å². The summed E-state index contributed by atoms with van der Waals surface area (Å²) in [6.45, 7) is 3.59. The Bertz CT molecular complexity index is 1170. The van der Waals surface area contributed by atoms with Crippen molar-refractivity contribution < 1.29 is 24.6 Å². The summed E-state index contributed by atoms with van der Waals surface area (Å²) < 4.78 is 1.54. The van der Waals surface area contributed by atoms with Gasteiger partial charge in [-0.2, -0.15) is 0 Å². The van der Waals surface area contributed by atoms with E-state index in [9.17, 15) is 19.5 Å². The second kappa shape index (κ2) is 9.87. The van der Waals surface area contributed by atoms with Gasteiger partial charge in [0.05, 0.1) is 11.2 Å². The van der Waals surface area contributed by atoms with E-state index >= 15 is 0 Å². The molecule has 1 heterocycles. The number of aromatic hydroxyl groups is 1. The van der Waals surface area contributed by atoms with Crippen molar-refractivity contribution in [1.29, 1.82) is 0 Å². The van der Waals surface area contributed by atoms with Crippen molar-refractivity contribution in [3.63, 3.8) is 0 Å². The fraction of sp³-hybridized carbons (Fsp3) is 0.292. The van der Waals surface area contributed by atoms with Gasteiger partial charge in [-0.15, -0.1) is 0 Å². The number of carboxylic acid groups (broad SMARTS) is 1. The maximum atomic E-state index is 13.3. The number of anilines is 1. The van der Waals surface area contributed by atoms with Gasteiger partial charge in [0.15, 0.2) is 0 Å². The quantitative estimate of drug-likeness (QED) is 0.465. The first-order valence-corrected chi connectivity index (χ1v) is 10.7. The van der Waals surface area contributed by atoms with E-state index in [1.165, 1.54) is 17.6 Å². The molecule has 0 aliphatic carbocycles. The average molecular weight is 457 g/mol. The number of hydrogen-bond acceptors (Lipinski definition) is 4. The van der Waals surface area contributed by atoms with Gasteiger partial charge in [-0.3, -0.25) is 19.0 Å². The summed E-state index contributed by atoms with van der Waals surface area (Å²) in [5, 5.41) is 20.0. The predicted octanol–water partition coefficient (Wildman–Crippen LogP) is 5.00. The largest absolute Gasteiger partial charge is 0.508 e. The number of aliphatic carboxylic acids is 1. The first-order valence-electron chi connectivity index (χ1n) is 10.3. The number of carbonyl (C=O) groups excluding carboxylic acids is 2. The van der Waals surface area contributed by atoms with E-state index in [2.05, 4.69) is 0 Å². The maximum absolute atomic E-state index is 13.3. The molecule has 0 saturated carbocycles. The van der Waals surface area contributed by atoms with Gasteiger partial charge in [0.2, 0.25) is 5.91 Å². The molecule has 1 amide bonds. The standard InChI is InChI=1S/C24H25ClN2O5/c1-15-23(26(16(2)28)13-5-3-4-6-22(30)31)20-14-19(29)11-12-21(20)27(15)24(32)17-7-9-18(25)10-8-17/h7-12,14,29H,3-6,13H2,1-2H3,(H,30,31). The molecule has 0 radical (unpaired) electrons. The van der Waals surface area contributed by atoms with Crippen molar-refractivity contribution in [3.05, 3.63) is 58.7 Å². The minimum atomic E-state index is -0.844. The third-order valence-corrected chi connectivity index (χ3v) is 5.62. The van der Waals surface area contributed by atoms with Crippen molar-refractivity contribution in [3.8, 4) is 5.75 Å². The molecule has 2 aromatic carbocycles. The number of benzene rings is 2. The van der Waals surface area contributed by atoms with Crippen molar-refractivity contribution in [1.82, 2.24) is 4.57 Å². The number of amides is 1. The molecule has 1 aromatic heterocycles. The molecule has 0 fully saturated rings. The molecule has 0 bridgehead atoms. The van der Waals surface area contributed by atoms with E-state index in [1.54, 1.807) is 48.2 Å². The molecule has 0 atom stereocenters. The van der Waals surface area contributed by atoms with Crippen LogP contribution >= 0.6 is 11.6 Å². The van der Waals surface area contributed by atoms with Crippen LogP contribution in [0.15, 0.2) is 42.5 Å². The molecule has 0 saturated heterocycles. The normalized spacial score (nSPS) is 11.0. The average Bonchev–Trinajstić information content (AvgIpc) is 3.01. The fourth-order valence-corrected chi connectivity index (χ4v) is 3.99. The van der Waals surface area contributed by atoms with Gasteiger partial charge in [0, 0.05) is 41.6 Å². The highest BCUT2D eigenvalue weighted by Crippen LogP contribution is 2.36. The predicted molar refractivity (Wildman–Crippen MR) is 124 cm³/mol. The molecular weight excluding hydrogens is 432 g/mol. The molecule has 7 nitrogen and oxygen atoms in total. The highest BCUT2D eigenvalue weighted by atomic mass is 35.5. The molecule has 0 aliphatic rings. The lowest BCUT2D eigenvalue weighted by molar-refractivity contribution is -0.137. The summed E-state index contributed by atoms with van der Waals surface area (Å²) in [5.41, 5.74) is 2.15. The Morgan fingerprint density at radius 2 is 1.72 bits per heavy atom. The molecular formula is C24H25ClN2O5. The van der Waals surface area contributed by atoms with Crippen molar-refractivity contribution in [2.45, 2.75) is 39.5 Å². The van der Waals surface area contributed by atoms with Crippen LogP contribution in [0.1, 0.15) is 48.7 Å². The lowest BCUT2D eigenvalue weighted by Crippen LogP contribution is -2.30. The van der Waals surface area contributed by atoms with E-state index in [1.807, 2.05) is 0 Å². The summed E-state index contributed by atoms with van der Waals surface area (Å²) >= 11 is 5.95. The minimum absolute atomic E-state index is 0.0276. The molecule has 3 aromatic rings. The Morgan fingerprint density at radius 3 is 2.34 bits per heavy atom. The SMILES string of the molecule is CC(=O)N(CCCCCC(=O)O)c1c(C)n(C(=O)c2ccc(Cl)cc2)c2ccc(O)cc12. The van der Waals surface area contributed by atoms with Crippen LogP contribution in [0.25, 0.3) is 10.9 Å². The third kappa shape index (κ3) is 4.94. The van der Waals surface area contributed by atoms with Gasteiger partial charge in [-0.05, 0) is 62.2 Å². The summed E-state index contributed by atoms with van der Waals surface area (Å²) in [5.74, 6) is -1.29. The second-order valence-corrected chi connectivity index (χ2v) is 8.09. The highest BCUT2D eigenvalue weighted by Gasteiger charge is 2.25. The van der Waals surface area contributed by atoms with Crippen LogP contribution < -0.4 is 4.90 Å². The van der Waals surface area contributed by atoms with E-state index in [4.69, 9.17) is 16.7 Å². The van der Waals surface area contributed by atoms with Crippen LogP contribution in [0.2, 0.25) is 5.02 Å².